The fourth-order valence-corrected chi connectivity index (χ4v) is 3.16. The first-order valence-electron chi connectivity index (χ1n) is 8.82. The van der Waals surface area contributed by atoms with E-state index >= 15 is 0 Å². The molecule has 4 rings (SSSR count). The molecule has 4 N–H and O–H groups in total. The van der Waals surface area contributed by atoms with Crippen molar-refractivity contribution in [2.75, 3.05) is 31.6 Å². The Morgan fingerprint density at radius 2 is 1.69 bits per heavy atom. The predicted octanol–water partition coefficient (Wildman–Crippen LogP) is 2.54. The molecule has 0 atom stereocenters. The Balaban J connectivity index is 0.000000186. The molecule has 0 aliphatic carbocycles. The summed E-state index contributed by atoms with van der Waals surface area (Å²) in [4.78, 5) is 31.6. The zero-order valence-electron chi connectivity index (χ0n) is 15.3. The van der Waals surface area contributed by atoms with Crippen molar-refractivity contribution in [2.45, 2.75) is 0 Å². The molecule has 2 amide bonds. The van der Waals surface area contributed by atoms with Crippen LogP contribution in [0, 0.1) is 0 Å². The number of carbonyl (C=O) groups is 2. The molecule has 0 fully saturated rings. The number of rotatable bonds is 4. The molecule has 0 saturated carbocycles. The maximum Gasteiger partial charge on any atom is 0.258 e. The minimum Gasteiger partial charge on any atom is -0.328 e. The van der Waals surface area contributed by atoms with Gasteiger partial charge in [-0.25, -0.2) is 10.1 Å². The molecule has 0 unspecified atom stereocenters. The summed E-state index contributed by atoms with van der Waals surface area (Å²) < 4.78 is 0. The molecule has 2 aromatic rings. The van der Waals surface area contributed by atoms with E-state index in [4.69, 9.17) is 33.8 Å². The predicted molar refractivity (Wildman–Crippen MR) is 112 cm³/mol. The number of fused-ring (bicyclic) bond motifs is 1. The van der Waals surface area contributed by atoms with Gasteiger partial charge in [-0.2, -0.15) is 0 Å². The molecular weight excluding hydrogens is 417 g/mol. The van der Waals surface area contributed by atoms with E-state index in [0.29, 0.717) is 59.1 Å². The van der Waals surface area contributed by atoms with Crippen molar-refractivity contribution in [3.63, 3.8) is 0 Å². The van der Waals surface area contributed by atoms with E-state index in [1.165, 1.54) is 0 Å². The van der Waals surface area contributed by atoms with Gasteiger partial charge in [0.1, 0.15) is 0 Å². The average molecular weight is 436 g/mol. The molecule has 2 aliphatic heterocycles. The minimum absolute atomic E-state index is 0.300. The fourth-order valence-electron chi connectivity index (χ4n) is 2.67. The van der Waals surface area contributed by atoms with Gasteiger partial charge in [0.15, 0.2) is 0 Å². The Bertz CT molecular complexity index is 898. The number of nitrogens with zero attached hydrogens (tertiary/aromatic N) is 2. The molecule has 0 spiro atoms. The van der Waals surface area contributed by atoms with Gasteiger partial charge in [-0.3, -0.25) is 19.7 Å². The van der Waals surface area contributed by atoms with Gasteiger partial charge in [0, 0.05) is 6.54 Å². The highest BCUT2D eigenvalue weighted by molar-refractivity contribution is 6.39. The van der Waals surface area contributed by atoms with Crippen LogP contribution in [0.2, 0.25) is 10.0 Å². The number of hydrogen-bond donors (Lipinski definition) is 3. The highest BCUT2D eigenvalue weighted by Gasteiger charge is 2.25. The number of carbonyl (C=O) groups excluding carboxylic acids is 2. The van der Waals surface area contributed by atoms with Crippen LogP contribution in [0.1, 0.15) is 20.7 Å². The Morgan fingerprint density at radius 1 is 1.07 bits per heavy atom. The summed E-state index contributed by atoms with van der Waals surface area (Å²) in [6, 6.07) is 12.0. The van der Waals surface area contributed by atoms with Crippen molar-refractivity contribution in [1.82, 2.24) is 10.4 Å². The molecule has 0 bridgehead atoms. The van der Waals surface area contributed by atoms with E-state index in [1.807, 2.05) is 0 Å². The molecule has 10 heteroatoms. The van der Waals surface area contributed by atoms with Gasteiger partial charge in [-0.05, 0) is 24.3 Å². The van der Waals surface area contributed by atoms with Crippen LogP contribution in [0.4, 0.5) is 5.69 Å². The molecule has 152 valence electrons. The summed E-state index contributed by atoms with van der Waals surface area (Å²) in [6.07, 6.45) is 0. The van der Waals surface area contributed by atoms with Gasteiger partial charge in [0.05, 0.1) is 46.6 Å². The zero-order chi connectivity index (χ0) is 20.8. The van der Waals surface area contributed by atoms with Crippen LogP contribution in [0.15, 0.2) is 47.5 Å². The molecule has 0 radical (unpaired) electrons. The lowest BCUT2D eigenvalue weighted by atomic mass is 10.1. The standard InChI is InChI=1S/C11H14Cl2N4O.C8H5NO2/c12-8-2-1-3-9(13)10(8)16-11-15-5-6-17(11)18-7-4-14;10-7-5-3-1-2-4-6(5)8(11)9-7/h1-3H,4-7,14H2,(H,15,16);1-4H,(H,9,10,11). The Hall–Kier alpha value is -2.65. The highest BCUT2D eigenvalue weighted by atomic mass is 35.5. The lowest BCUT2D eigenvalue weighted by Crippen LogP contribution is -2.34. The molecule has 2 aromatic carbocycles. The lowest BCUT2D eigenvalue weighted by molar-refractivity contribution is -0.0872. The number of para-hydroxylation sites is 1. The topological polar surface area (TPSA) is 109 Å². The third-order valence-electron chi connectivity index (χ3n) is 4.01. The van der Waals surface area contributed by atoms with E-state index in [9.17, 15) is 9.59 Å². The van der Waals surface area contributed by atoms with E-state index in [1.54, 1.807) is 47.5 Å². The number of hydrogen-bond acceptors (Lipinski definition) is 7. The number of guanidine groups is 1. The normalized spacial score (nSPS) is 14.7. The largest absolute Gasteiger partial charge is 0.328 e. The number of nitrogens with one attached hydrogen (secondary N) is 2. The number of amides is 2. The van der Waals surface area contributed by atoms with Crippen LogP contribution in [-0.4, -0.2) is 49.1 Å². The van der Waals surface area contributed by atoms with Gasteiger partial charge in [-0.1, -0.05) is 41.4 Å². The Kier molecular flexibility index (Phi) is 7.05. The number of nitrogens with two attached hydrogens (primary N) is 1. The van der Waals surface area contributed by atoms with Gasteiger partial charge in [0.2, 0.25) is 5.96 Å². The molecule has 2 heterocycles. The first-order chi connectivity index (χ1) is 14.0. The molecular formula is C19H19Cl2N5O3. The SMILES string of the molecule is NCCON1CCN=C1Nc1c(Cl)cccc1Cl.O=C1NC(=O)c2ccccc21. The van der Waals surface area contributed by atoms with Crippen molar-refractivity contribution < 1.29 is 14.4 Å². The number of benzene rings is 2. The Morgan fingerprint density at radius 3 is 2.28 bits per heavy atom. The second-order valence-corrected chi connectivity index (χ2v) is 6.79. The molecule has 0 aromatic heterocycles. The van der Waals surface area contributed by atoms with Crippen LogP contribution in [-0.2, 0) is 4.84 Å². The summed E-state index contributed by atoms with van der Waals surface area (Å²) in [7, 11) is 0. The van der Waals surface area contributed by atoms with E-state index in [-0.39, 0.29) is 11.8 Å². The first kappa shape index (κ1) is 21.1. The van der Waals surface area contributed by atoms with Crippen molar-refractivity contribution in [1.29, 1.82) is 0 Å². The van der Waals surface area contributed by atoms with Crippen LogP contribution in [0.3, 0.4) is 0 Å². The molecule has 2 aliphatic rings. The monoisotopic (exact) mass is 435 g/mol. The number of anilines is 1. The zero-order valence-corrected chi connectivity index (χ0v) is 16.8. The summed E-state index contributed by atoms with van der Waals surface area (Å²) in [5.74, 6) is -0.00495. The lowest BCUT2D eigenvalue weighted by Gasteiger charge is -2.20. The van der Waals surface area contributed by atoms with Gasteiger partial charge < -0.3 is 11.1 Å². The maximum absolute atomic E-state index is 10.9. The van der Waals surface area contributed by atoms with E-state index in [2.05, 4.69) is 15.6 Å². The van der Waals surface area contributed by atoms with Gasteiger partial charge in [0.25, 0.3) is 11.8 Å². The molecule has 0 saturated heterocycles. The van der Waals surface area contributed by atoms with Crippen LogP contribution >= 0.6 is 23.2 Å². The number of imide groups is 1. The molecule has 29 heavy (non-hydrogen) atoms. The quantitative estimate of drug-likeness (QED) is 0.636. The third kappa shape index (κ3) is 5.04. The van der Waals surface area contributed by atoms with Crippen molar-refractivity contribution >= 4 is 46.7 Å². The van der Waals surface area contributed by atoms with Crippen molar-refractivity contribution in [3.05, 3.63) is 63.6 Å². The fraction of sp³-hybridized carbons (Fsp3) is 0.211. The van der Waals surface area contributed by atoms with Crippen LogP contribution < -0.4 is 16.4 Å². The minimum atomic E-state index is -0.300. The first-order valence-corrected chi connectivity index (χ1v) is 9.57. The van der Waals surface area contributed by atoms with Crippen LogP contribution in [0.25, 0.3) is 0 Å². The van der Waals surface area contributed by atoms with Crippen molar-refractivity contribution in [3.8, 4) is 0 Å². The summed E-state index contributed by atoms with van der Waals surface area (Å²) >= 11 is 12.2. The second kappa shape index (κ2) is 9.71. The third-order valence-corrected chi connectivity index (χ3v) is 4.64. The summed E-state index contributed by atoms with van der Waals surface area (Å²) in [5, 5.41) is 8.02. The van der Waals surface area contributed by atoms with Gasteiger partial charge in [-0.15, -0.1) is 0 Å². The number of hydroxylamine groups is 2. The highest BCUT2D eigenvalue weighted by Crippen LogP contribution is 2.30. The smallest absolute Gasteiger partial charge is 0.258 e. The summed E-state index contributed by atoms with van der Waals surface area (Å²) in [6.45, 7) is 2.24. The van der Waals surface area contributed by atoms with E-state index < -0.39 is 0 Å². The maximum atomic E-state index is 10.9. The Labute approximate surface area is 177 Å². The number of aliphatic imine (C=N–C) groups is 1. The number of halogens is 2. The van der Waals surface area contributed by atoms with E-state index in [0.717, 1.165) is 0 Å². The van der Waals surface area contributed by atoms with Crippen molar-refractivity contribution in [2.24, 2.45) is 10.7 Å². The second-order valence-electron chi connectivity index (χ2n) is 5.98. The average Bonchev–Trinajstić information content (AvgIpc) is 3.28. The van der Waals surface area contributed by atoms with Crippen LogP contribution in [0.5, 0.6) is 0 Å². The van der Waals surface area contributed by atoms with Gasteiger partial charge >= 0.3 is 0 Å². The molecule has 8 nitrogen and oxygen atoms in total. The summed E-state index contributed by atoms with van der Waals surface area (Å²) in [5.41, 5.74) is 6.97.